The van der Waals surface area contributed by atoms with Crippen molar-refractivity contribution in [2.45, 2.75) is 0 Å². The highest BCUT2D eigenvalue weighted by Gasteiger charge is 2.06. The zero-order chi connectivity index (χ0) is 14.5. The Labute approximate surface area is 131 Å². The number of benzene rings is 2. The molecule has 0 fully saturated rings. The molecule has 2 aromatic rings. The van der Waals surface area contributed by atoms with Crippen LogP contribution in [0.25, 0.3) is 0 Å². The zero-order valence-corrected chi connectivity index (χ0v) is 12.3. The van der Waals surface area contributed by atoms with Crippen molar-refractivity contribution in [2.75, 3.05) is 5.43 Å². The van der Waals surface area contributed by atoms with Gasteiger partial charge < -0.3 is 0 Å². The Hall–Kier alpha value is -1.73. The highest BCUT2D eigenvalue weighted by Crippen LogP contribution is 2.33. The van der Waals surface area contributed by atoms with Crippen LogP contribution in [0.4, 0.5) is 5.69 Å². The minimum atomic E-state index is 0.388. The van der Waals surface area contributed by atoms with Gasteiger partial charge in [0.15, 0.2) is 0 Å². The van der Waals surface area contributed by atoms with Crippen molar-refractivity contribution in [3.05, 3.63) is 62.6 Å². The lowest BCUT2D eigenvalue weighted by atomic mass is 10.2. The molecule has 2 aromatic carbocycles. The number of hydrazone groups is 1. The van der Waals surface area contributed by atoms with Crippen LogP contribution in [-0.2, 0) is 0 Å². The van der Waals surface area contributed by atoms with E-state index in [-0.39, 0.29) is 0 Å². The molecule has 0 amide bonds. The Kier molecular flexibility index (Phi) is 4.86. The van der Waals surface area contributed by atoms with Crippen LogP contribution < -0.4 is 5.43 Å². The summed E-state index contributed by atoms with van der Waals surface area (Å²) in [5.41, 5.74) is 4.70. The van der Waals surface area contributed by atoms with Gasteiger partial charge in [0.2, 0.25) is 0 Å². The van der Waals surface area contributed by atoms with Crippen molar-refractivity contribution >= 4 is 46.7 Å². The van der Waals surface area contributed by atoms with Crippen LogP contribution in [0, 0.1) is 11.3 Å². The van der Waals surface area contributed by atoms with E-state index >= 15 is 0 Å². The lowest BCUT2D eigenvalue weighted by molar-refractivity contribution is 1.35. The molecule has 3 nitrogen and oxygen atoms in total. The summed E-state index contributed by atoms with van der Waals surface area (Å²) >= 11 is 17.8. The first-order chi connectivity index (χ1) is 9.60. The largest absolute Gasteiger partial charge is 0.275 e. The van der Waals surface area contributed by atoms with Gasteiger partial charge in [-0.05, 0) is 29.8 Å². The average molecular weight is 325 g/mol. The normalized spacial score (nSPS) is 10.5. The Morgan fingerprint density at radius 1 is 1.05 bits per heavy atom. The summed E-state index contributed by atoms with van der Waals surface area (Å²) in [7, 11) is 0. The zero-order valence-electron chi connectivity index (χ0n) is 10.1. The molecule has 1 N–H and O–H groups in total. The molecule has 0 saturated carbocycles. The summed E-state index contributed by atoms with van der Waals surface area (Å²) in [6.45, 7) is 0. The maximum Gasteiger partial charge on any atom is 0.0991 e. The average Bonchev–Trinajstić information content (AvgIpc) is 2.42. The first-order valence-electron chi connectivity index (χ1n) is 5.54. The van der Waals surface area contributed by atoms with Crippen LogP contribution in [-0.4, -0.2) is 6.21 Å². The number of rotatable bonds is 3. The van der Waals surface area contributed by atoms with Crippen molar-refractivity contribution in [1.29, 1.82) is 5.26 Å². The van der Waals surface area contributed by atoms with E-state index in [9.17, 15) is 0 Å². The van der Waals surface area contributed by atoms with Gasteiger partial charge in [-0.25, -0.2) is 0 Å². The van der Waals surface area contributed by atoms with Gasteiger partial charge in [0.25, 0.3) is 0 Å². The molecule has 0 atom stereocenters. The second-order valence-corrected chi connectivity index (χ2v) is 5.10. The third-order valence-electron chi connectivity index (χ3n) is 2.44. The van der Waals surface area contributed by atoms with Crippen LogP contribution in [0.5, 0.6) is 0 Å². The number of nitrogens with one attached hydrogen (secondary N) is 1. The summed E-state index contributed by atoms with van der Waals surface area (Å²) in [5, 5.41) is 14.0. The first kappa shape index (κ1) is 14.7. The second-order valence-electron chi connectivity index (χ2n) is 3.85. The van der Waals surface area contributed by atoms with Gasteiger partial charge in [-0.2, -0.15) is 10.4 Å². The molecule has 0 heterocycles. The van der Waals surface area contributed by atoms with Gasteiger partial charge >= 0.3 is 0 Å². The first-order valence-corrected chi connectivity index (χ1v) is 6.67. The molecule has 2 rings (SSSR count). The van der Waals surface area contributed by atoms with E-state index in [1.54, 1.807) is 42.6 Å². The topological polar surface area (TPSA) is 48.2 Å². The van der Waals surface area contributed by atoms with E-state index < -0.39 is 0 Å². The maximum atomic E-state index is 8.70. The Balaban J connectivity index is 2.12. The van der Waals surface area contributed by atoms with Crippen molar-refractivity contribution < 1.29 is 0 Å². The van der Waals surface area contributed by atoms with Gasteiger partial charge in [-0.3, -0.25) is 5.43 Å². The molecule has 20 heavy (non-hydrogen) atoms. The fourth-order valence-electron chi connectivity index (χ4n) is 1.46. The smallest absolute Gasteiger partial charge is 0.0991 e. The fourth-order valence-corrected chi connectivity index (χ4v) is 2.37. The summed E-state index contributed by atoms with van der Waals surface area (Å²) in [4.78, 5) is 0. The molecule has 0 saturated heterocycles. The van der Waals surface area contributed by atoms with Gasteiger partial charge in [0.05, 0.1) is 33.6 Å². The number of anilines is 1. The third-order valence-corrected chi connectivity index (χ3v) is 3.25. The number of nitriles is 1. The Morgan fingerprint density at radius 3 is 2.20 bits per heavy atom. The summed E-state index contributed by atoms with van der Waals surface area (Å²) in [6.07, 6.45) is 1.60. The minimum absolute atomic E-state index is 0.388. The number of hydrogen-bond donors (Lipinski definition) is 1. The molecule has 0 radical (unpaired) electrons. The maximum absolute atomic E-state index is 8.70. The lowest BCUT2D eigenvalue weighted by Crippen LogP contribution is -1.93. The summed E-state index contributed by atoms with van der Waals surface area (Å²) in [5.74, 6) is 0. The molecule has 0 aliphatic rings. The predicted molar refractivity (Wildman–Crippen MR) is 83.8 cm³/mol. The van der Waals surface area contributed by atoms with Gasteiger partial charge in [0, 0.05) is 5.02 Å². The molecular formula is C14H8Cl3N3. The predicted octanol–water partition coefficient (Wildman–Crippen LogP) is 4.96. The van der Waals surface area contributed by atoms with E-state index in [2.05, 4.69) is 10.5 Å². The SMILES string of the molecule is N#Cc1ccc(C=NNc2c(Cl)cc(Cl)cc2Cl)cc1. The van der Waals surface area contributed by atoms with Crippen molar-refractivity contribution in [3.63, 3.8) is 0 Å². The number of halogens is 3. The van der Waals surface area contributed by atoms with Crippen LogP contribution in [0.2, 0.25) is 15.1 Å². The molecule has 0 aliphatic heterocycles. The number of hydrogen-bond acceptors (Lipinski definition) is 3. The molecule has 0 spiro atoms. The second kappa shape index (κ2) is 6.62. The molecule has 0 unspecified atom stereocenters. The van der Waals surface area contributed by atoms with Crippen molar-refractivity contribution in [2.24, 2.45) is 5.10 Å². The highest BCUT2D eigenvalue weighted by molar-refractivity contribution is 6.41. The highest BCUT2D eigenvalue weighted by atomic mass is 35.5. The Bertz CT molecular complexity index is 665. The summed E-state index contributed by atoms with van der Waals surface area (Å²) < 4.78 is 0. The van der Waals surface area contributed by atoms with E-state index in [4.69, 9.17) is 40.1 Å². The van der Waals surface area contributed by atoms with E-state index in [1.807, 2.05) is 6.07 Å². The minimum Gasteiger partial charge on any atom is -0.275 e. The van der Waals surface area contributed by atoms with Gasteiger partial charge in [-0.15, -0.1) is 0 Å². The molecule has 0 aliphatic carbocycles. The quantitative estimate of drug-likeness (QED) is 0.640. The Morgan fingerprint density at radius 2 is 1.65 bits per heavy atom. The molecule has 100 valence electrons. The summed E-state index contributed by atoms with van der Waals surface area (Å²) in [6, 6.07) is 12.2. The van der Waals surface area contributed by atoms with Crippen molar-refractivity contribution in [3.8, 4) is 6.07 Å². The standard InChI is InChI=1S/C14H8Cl3N3/c15-11-5-12(16)14(13(17)6-11)20-19-8-10-3-1-9(7-18)2-4-10/h1-6,8,20H. The van der Waals surface area contributed by atoms with Crippen molar-refractivity contribution in [1.82, 2.24) is 0 Å². The number of nitrogens with zero attached hydrogens (tertiary/aromatic N) is 2. The van der Waals surface area contributed by atoms with Crippen LogP contribution in [0.15, 0.2) is 41.5 Å². The molecule has 0 bridgehead atoms. The van der Waals surface area contributed by atoms with Gasteiger partial charge in [0.1, 0.15) is 0 Å². The van der Waals surface area contributed by atoms with Crippen LogP contribution >= 0.6 is 34.8 Å². The van der Waals surface area contributed by atoms with E-state index in [0.29, 0.717) is 26.3 Å². The molecule has 0 aromatic heterocycles. The lowest BCUT2D eigenvalue weighted by Gasteiger charge is -2.06. The fraction of sp³-hybridized carbons (Fsp3) is 0. The molecular weight excluding hydrogens is 317 g/mol. The van der Waals surface area contributed by atoms with Crippen LogP contribution in [0.1, 0.15) is 11.1 Å². The van der Waals surface area contributed by atoms with Gasteiger partial charge in [-0.1, -0.05) is 46.9 Å². The monoisotopic (exact) mass is 323 g/mol. The molecule has 6 heteroatoms. The third kappa shape index (κ3) is 3.64. The van der Waals surface area contributed by atoms with E-state index in [0.717, 1.165) is 5.56 Å². The van der Waals surface area contributed by atoms with Crippen LogP contribution in [0.3, 0.4) is 0 Å². The van der Waals surface area contributed by atoms with E-state index in [1.165, 1.54) is 0 Å².